The second-order valence-electron chi connectivity index (χ2n) is 7.13. The van der Waals surface area contributed by atoms with Crippen LogP contribution >= 0.6 is 0 Å². The van der Waals surface area contributed by atoms with Gasteiger partial charge in [-0.25, -0.2) is 0 Å². The van der Waals surface area contributed by atoms with Gasteiger partial charge >= 0.3 is 0 Å². The number of carbonyl (C=O) groups excluding carboxylic acids is 1. The maximum absolute atomic E-state index is 13.1. The average Bonchev–Trinajstić information content (AvgIpc) is 3.20. The maximum atomic E-state index is 13.1. The SMILES string of the molecule is CCN(CC(=O)N1CCCc2cc(OC)ccc21)Cc1ccc2c(c1)OCO2. The smallest absolute Gasteiger partial charge is 0.241 e. The fourth-order valence-corrected chi connectivity index (χ4v) is 3.81. The highest BCUT2D eigenvalue weighted by Gasteiger charge is 2.24. The predicted molar refractivity (Wildman–Crippen MR) is 107 cm³/mol. The van der Waals surface area contributed by atoms with Gasteiger partial charge in [0.2, 0.25) is 12.7 Å². The zero-order valence-corrected chi connectivity index (χ0v) is 16.4. The van der Waals surface area contributed by atoms with Crippen molar-refractivity contribution in [2.24, 2.45) is 0 Å². The Kier molecular flexibility index (Phi) is 5.39. The Balaban J connectivity index is 1.45. The first-order valence-electron chi connectivity index (χ1n) is 9.76. The largest absolute Gasteiger partial charge is 0.497 e. The van der Waals surface area contributed by atoms with Crippen LogP contribution in [0.4, 0.5) is 5.69 Å². The fourth-order valence-electron chi connectivity index (χ4n) is 3.81. The number of aryl methyl sites for hydroxylation is 1. The van der Waals surface area contributed by atoms with Gasteiger partial charge in [0, 0.05) is 18.8 Å². The molecule has 0 fully saturated rings. The summed E-state index contributed by atoms with van der Waals surface area (Å²) in [4.78, 5) is 17.1. The molecule has 0 saturated carbocycles. The lowest BCUT2D eigenvalue weighted by Crippen LogP contribution is -2.42. The number of likely N-dealkylation sites (N-methyl/N-ethyl adjacent to an activating group) is 1. The molecule has 1 amide bonds. The standard InChI is InChI=1S/C22H26N2O4/c1-3-23(13-16-6-9-20-21(11-16)28-15-27-20)14-22(25)24-10-4-5-17-12-18(26-2)7-8-19(17)24/h6-9,11-12H,3-5,10,13-15H2,1-2H3. The monoisotopic (exact) mass is 382 g/mol. The van der Waals surface area contributed by atoms with E-state index in [4.69, 9.17) is 14.2 Å². The van der Waals surface area contributed by atoms with Crippen LogP contribution in [0.2, 0.25) is 0 Å². The molecule has 0 aromatic heterocycles. The summed E-state index contributed by atoms with van der Waals surface area (Å²) in [5.41, 5.74) is 3.30. The molecule has 2 heterocycles. The molecule has 0 bridgehead atoms. The summed E-state index contributed by atoms with van der Waals surface area (Å²) in [6.07, 6.45) is 1.95. The molecule has 2 aromatic carbocycles. The number of methoxy groups -OCH3 is 1. The first-order valence-corrected chi connectivity index (χ1v) is 9.76. The van der Waals surface area contributed by atoms with Gasteiger partial charge in [0.1, 0.15) is 5.75 Å². The van der Waals surface area contributed by atoms with Gasteiger partial charge in [-0.1, -0.05) is 13.0 Å². The van der Waals surface area contributed by atoms with Gasteiger partial charge in [0.15, 0.2) is 11.5 Å². The second-order valence-corrected chi connectivity index (χ2v) is 7.13. The molecule has 0 N–H and O–H groups in total. The fraction of sp³-hybridized carbons (Fsp3) is 0.409. The number of benzene rings is 2. The molecule has 0 spiro atoms. The van der Waals surface area contributed by atoms with E-state index < -0.39 is 0 Å². The molecule has 148 valence electrons. The Hall–Kier alpha value is -2.73. The van der Waals surface area contributed by atoms with Crippen molar-refractivity contribution >= 4 is 11.6 Å². The summed E-state index contributed by atoms with van der Waals surface area (Å²) >= 11 is 0. The number of fused-ring (bicyclic) bond motifs is 2. The molecule has 0 atom stereocenters. The van der Waals surface area contributed by atoms with Gasteiger partial charge < -0.3 is 19.1 Å². The maximum Gasteiger partial charge on any atom is 0.241 e. The Bertz CT molecular complexity index is 868. The van der Waals surface area contributed by atoms with Gasteiger partial charge in [0.05, 0.1) is 13.7 Å². The van der Waals surface area contributed by atoms with E-state index >= 15 is 0 Å². The minimum absolute atomic E-state index is 0.133. The quantitative estimate of drug-likeness (QED) is 0.768. The van der Waals surface area contributed by atoms with Crippen molar-refractivity contribution in [3.63, 3.8) is 0 Å². The summed E-state index contributed by atoms with van der Waals surface area (Å²) in [7, 11) is 1.67. The molecular weight excluding hydrogens is 356 g/mol. The van der Waals surface area contributed by atoms with Crippen molar-refractivity contribution in [2.45, 2.75) is 26.3 Å². The normalized spacial score (nSPS) is 14.9. The Morgan fingerprint density at radius 3 is 2.86 bits per heavy atom. The van der Waals surface area contributed by atoms with Crippen molar-refractivity contribution in [3.8, 4) is 17.2 Å². The van der Waals surface area contributed by atoms with Gasteiger partial charge in [-0.15, -0.1) is 0 Å². The molecule has 2 aliphatic heterocycles. The van der Waals surface area contributed by atoms with E-state index in [0.717, 1.165) is 54.4 Å². The average molecular weight is 382 g/mol. The van der Waals surface area contributed by atoms with Gasteiger partial charge in [-0.3, -0.25) is 9.69 Å². The third-order valence-corrected chi connectivity index (χ3v) is 5.36. The Morgan fingerprint density at radius 1 is 1.18 bits per heavy atom. The van der Waals surface area contributed by atoms with Crippen LogP contribution < -0.4 is 19.1 Å². The number of nitrogens with zero attached hydrogens (tertiary/aromatic N) is 2. The number of anilines is 1. The first-order chi connectivity index (χ1) is 13.7. The van der Waals surface area contributed by atoms with Crippen LogP contribution in [0.25, 0.3) is 0 Å². The van der Waals surface area contributed by atoms with E-state index in [1.165, 1.54) is 5.56 Å². The molecular formula is C22H26N2O4. The number of rotatable bonds is 6. The van der Waals surface area contributed by atoms with Gasteiger partial charge in [-0.05, 0) is 60.8 Å². The summed E-state index contributed by atoms with van der Waals surface area (Å²) in [5.74, 6) is 2.53. The summed E-state index contributed by atoms with van der Waals surface area (Å²) < 4.78 is 16.2. The number of hydrogen-bond donors (Lipinski definition) is 0. The molecule has 28 heavy (non-hydrogen) atoms. The molecule has 0 aliphatic carbocycles. The lowest BCUT2D eigenvalue weighted by molar-refractivity contribution is -0.119. The summed E-state index contributed by atoms with van der Waals surface area (Å²) in [6.45, 7) is 4.99. The zero-order chi connectivity index (χ0) is 19.5. The molecule has 6 nitrogen and oxygen atoms in total. The van der Waals surface area contributed by atoms with E-state index in [0.29, 0.717) is 13.1 Å². The van der Waals surface area contributed by atoms with Crippen molar-refractivity contribution in [3.05, 3.63) is 47.5 Å². The highest BCUT2D eigenvalue weighted by atomic mass is 16.7. The van der Waals surface area contributed by atoms with Crippen LogP contribution in [-0.2, 0) is 17.8 Å². The van der Waals surface area contributed by atoms with Crippen LogP contribution in [0.15, 0.2) is 36.4 Å². The lowest BCUT2D eigenvalue weighted by atomic mass is 10.0. The molecule has 4 rings (SSSR count). The van der Waals surface area contributed by atoms with Gasteiger partial charge in [-0.2, -0.15) is 0 Å². The zero-order valence-electron chi connectivity index (χ0n) is 16.4. The van der Waals surface area contributed by atoms with Crippen LogP contribution in [0, 0.1) is 0 Å². The Morgan fingerprint density at radius 2 is 2.04 bits per heavy atom. The minimum Gasteiger partial charge on any atom is -0.497 e. The number of hydrogen-bond acceptors (Lipinski definition) is 5. The lowest BCUT2D eigenvalue weighted by Gasteiger charge is -2.32. The van der Waals surface area contributed by atoms with E-state index in [9.17, 15) is 4.79 Å². The molecule has 6 heteroatoms. The second kappa shape index (κ2) is 8.10. The van der Waals surface area contributed by atoms with Crippen molar-refractivity contribution in [1.29, 1.82) is 0 Å². The molecule has 2 aromatic rings. The highest BCUT2D eigenvalue weighted by molar-refractivity contribution is 5.96. The topological polar surface area (TPSA) is 51.2 Å². The van der Waals surface area contributed by atoms with E-state index in [-0.39, 0.29) is 12.7 Å². The predicted octanol–water partition coefficient (Wildman–Crippen LogP) is 3.23. The first kappa shape index (κ1) is 18.6. The van der Waals surface area contributed by atoms with E-state index in [1.54, 1.807) is 7.11 Å². The minimum atomic E-state index is 0.133. The van der Waals surface area contributed by atoms with Crippen LogP contribution in [-0.4, -0.2) is 44.3 Å². The molecule has 0 saturated heterocycles. The number of amides is 1. The molecule has 0 unspecified atom stereocenters. The van der Waals surface area contributed by atoms with E-state index in [2.05, 4.69) is 11.8 Å². The van der Waals surface area contributed by atoms with Crippen LogP contribution in [0.3, 0.4) is 0 Å². The van der Waals surface area contributed by atoms with Crippen LogP contribution in [0.5, 0.6) is 17.2 Å². The number of ether oxygens (including phenoxy) is 3. The van der Waals surface area contributed by atoms with Crippen molar-refractivity contribution in [2.75, 3.05) is 38.4 Å². The Labute approximate surface area is 165 Å². The van der Waals surface area contributed by atoms with Crippen molar-refractivity contribution < 1.29 is 19.0 Å². The summed E-state index contributed by atoms with van der Waals surface area (Å²) in [5, 5.41) is 0. The third-order valence-electron chi connectivity index (χ3n) is 5.36. The van der Waals surface area contributed by atoms with Crippen LogP contribution in [0.1, 0.15) is 24.5 Å². The van der Waals surface area contributed by atoms with Crippen molar-refractivity contribution in [1.82, 2.24) is 4.90 Å². The summed E-state index contributed by atoms with van der Waals surface area (Å²) in [6, 6.07) is 11.9. The molecule has 2 aliphatic rings. The molecule has 0 radical (unpaired) electrons. The number of carbonyl (C=O) groups is 1. The third kappa shape index (κ3) is 3.78. The highest BCUT2D eigenvalue weighted by Crippen LogP contribution is 2.33. The van der Waals surface area contributed by atoms with E-state index in [1.807, 2.05) is 41.3 Å². The van der Waals surface area contributed by atoms with Gasteiger partial charge in [0.25, 0.3) is 0 Å².